The van der Waals surface area contributed by atoms with E-state index in [0.29, 0.717) is 11.1 Å². The van der Waals surface area contributed by atoms with Crippen molar-refractivity contribution in [1.29, 1.82) is 0 Å². The predicted octanol–water partition coefficient (Wildman–Crippen LogP) is 2.93. The first-order chi connectivity index (χ1) is 16.5. The molecule has 0 spiro atoms. The first-order valence-corrected chi connectivity index (χ1v) is 12.1. The van der Waals surface area contributed by atoms with E-state index in [4.69, 9.17) is 17.0 Å². The molecule has 0 unspecified atom stereocenters. The summed E-state index contributed by atoms with van der Waals surface area (Å²) in [5.74, 6) is -0.856. The second-order valence-corrected chi connectivity index (χ2v) is 9.35. The van der Waals surface area contributed by atoms with Crippen molar-refractivity contribution in [1.82, 2.24) is 20.3 Å². The van der Waals surface area contributed by atoms with Gasteiger partial charge >= 0.3 is 6.18 Å². The number of pyridine rings is 1. The predicted molar refractivity (Wildman–Crippen MR) is 128 cm³/mol. The van der Waals surface area contributed by atoms with E-state index in [2.05, 4.69) is 20.3 Å². The zero-order valence-electron chi connectivity index (χ0n) is 18.3. The van der Waals surface area contributed by atoms with E-state index in [1.807, 2.05) is 24.3 Å². The van der Waals surface area contributed by atoms with Crippen molar-refractivity contribution in [3.05, 3.63) is 65.9 Å². The number of alkyl halides is 3. The lowest BCUT2D eigenvalue weighted by Gasteiger charge is -2.16. The van der Waals surface area contributed by atoms with Crippen LogP contribution < -0.4 is 20.1 Å². The number of thiocarbonyl (C=S) groups is 1. The van der Waals surface area contributed by atoms with E-state index in [9.17, 15) is 26.4 Å². The number of hydrogen-bond donors (Lipinski definition) is 3. The molecular formula is C22H21F3N4O4S2. The van der Waals surface area contributed by atoms with E-state index >= 15 is 0 Å². The number of fused-ring (bicyclic) bond motifs is 1. The summed E-state index contributed by atoms with van der Waals surface area (Å²) in [5, 5.41) is 5.70. The number of ether oxygens (including phenoxy) is 1. The number of carbonyl (C=O) groups excluding carboxylic acids is 1. The fourth-order valence-corrected chi connectivity index (χ4v) is 4.53. The molecule has 0 radical (unpaired) electrons. The van der Waals surface area contributed by atoms with Gasteiger partial charge in [-0.2, -0.15) is 13.2 Å². The van der Waals surface area contributed by atoms with Gasteiger partial charge in [0.15, 0.2) is 11.7 Å². The topological polar surface area (TPSA) is 109 Å². The van der Waals surface area contributed by atoms with Gasteiger partial charge in [-0.05, 0) is 48.5 Å². The first kappa shape index (κ1) is 26.2. The van der Waals surface area contributed by atoms with E-state index < -0.39 is 33.5 Å². The largest absolute Gasteiger partial charge is 0.483 e. The van der Waals surface area contributed by atoms with Gasteiger partial charge in [-0.1, -0.05) is 24.3 Å². The Morgan fingerprint density at radius 3 is 2.60 bits per heavy atom. The Morgan fingerprint density at radius 2 is 1.89 bits per heavy atom. The van der Waals surface area contributed by atoms with Gasteiger partial charge in [0.25, 0.3) is 15.9 Å². The molecule has 0 aliphatic heterocycles. The van der Waals surface area contributed by atoms with E-state index in [0.717, 1.165) is 17.0 Å². The second kappa shape index (κ2) is 10.9. The Hall–Kier alpha value is -3.45. The molecule has 13 heteroatoms. The van der Waals surface area contributed by atoms with Crippen molar-refractivity contribution in [3.63, 3.8) is 0 Å². The molecule has 0 saturated heterocycles. The lowest BCUT2D eigenvalue weighted by atomic mass is 10.1. The summed E-state index contributed by atoms with van der Waals surface area (Å²) < 4.78 is 70.0. The summed E-state index contributed by atoms with van der Waals surface area (Å²) in [6.45, 7) is -1.53. The van der Waals surface area contributed by atoms with Gasteiger partial charge in [0, 0.05) is 25.2 Å². The number of sulfonamides is 1. The number of nitrogens with zero attached hydrogens (tertiary/aromatic N) is 1. The highest BCUT2D eigenvalue weighted by molar-refractivity contribution is 7.92. The van der Waals surface area contributed by atoms with Crippen LogP contribution in [0.5, 0.6) is 5.75 Å². The van der Waals surface area contributed by atoms with E-state index in [-0.39, 0.29) is 24.0 Å². The van der Waals surface area contributed by atoms with Crippen molar-refractivity contribution >= 4 is 44.2 Å². The van der Waals surface area contributed by atoms with Crippen LogP contribution in [-0.4, -0.2) is 50.8 Å². The molecule has 1 aromatic heterocycles. The summed E-state index contributed by atoms with van der Waals surface area (Å²) in [7, 11) is -2.95. The Kier molecular flexibility index (Phi) is 8.12. The van der Waals surface area contributed by atoms with Crippen molar-refractivity contribution in [2.24, 2.45) is 0 Å². The number of nitrogens with one attached hydrogen (secondary N) is 3. The third-order valence-electron chi connectivity index (χ3n) is 4.69. The fraction of sp³-hybridized carbons (Fsp3) is 0.227. The summed E-state index contributed by atoms with van der Waals surface area (Å²) in [6, 6.07) is 12.8. The number of halogens is 3. The molecule has 8 nitrogen and oxygen atoms in total. The number of rotatable bonds is 8. The minimum atomic E-state index is -4.66. The van der Waals surface area contributed by atoms with Crippen LogP contribution in [0.2, 0.25) is 0 Å². The minimum Gasteiger partial charge on any atom is -0.483 e. The monoisotopic (exact) mass is 526 g/mol. The number of aromatic nitrogens is 1. The maximum Gasteiger partial charge on any atom is 0.422 e. The van der Waals surface area contributed by atoms with Crippen LogP contribution in [0.15, 0.2) is 59.6 Å². The summed E-state index contributed by atoms with van der Waals surface area (Å²) >= 11 is 4.80. The maximum absolute atomic E-state index is 12.7. The number of benzene rings is 2. The number of carbonyl (C=O) groups is 1. The minimum absolute atomic E-state index is 0.135. The van der Waals surface area contributed by atoms with E-state index in [1.54, 1.807) is 6.07 Å². The molecule has 186 valence electrons. The third kappa shape index (κ3) is 7.26. The molecule has 1 amide bonds. The molecule has 0 bridgehead atoms. The van der Waals surface area contributed by atoms with Crippen LogP contribution in [0.4, 0.5) is 13.2 Å². The lowest BCUT2D eigenvalue weighted by molar-refractivity contribution is -0.153. The molecular weight excluding hydrogens is 505 g/mol. The first-order valence-electron chi connectivity index (χ1n) is 10.2. The normalized spacial score (nSPS) is 11.7. The fourth-order valence-electron chi connectivity index (χ4n) is 3.04. The quantitative estimate of drug-likeness (QED) is 0.387. The van der Waals surface area contributed by atoms with Gasteiger partial charge in [-0.25, -0.2) is 8.42 Å². The molecule has 2 aromatic carbocycles. The Morgan fingerprint density at radius 1 is 1.14 bits per heavy atom. The van der Waals surface area contributed by atoms with Crippen LogP contribution in [0.3, 0.4) is 0 Å². The standard InChI is InChI=1S/C22H21F3N4O4S2/c1-26-21(34)29-35(31,32)19-10-14(6-7-18(19)33-13-22(23,24)25)8-9-27-20(30)16-11-15-4-2-3-5-17(15)28-12-16/h2-7,10-12H,8-9,13H2,1H3,(H,27,30)(H2,26,29,34). The SMILES string of the molecule is CNC(=S)NS(=O)(=O)c1cc(CCNC(=O)c2cnc3ccccc3c2)ccc1OCC(F)(F)F. The molecule has 0 aliphatic rings. The highest BCUT2D eigenvalue weighted by Gasteiger charge is 2.30. The van der Waals surface area contributed by atoms with Crippen LogP contribution >= 0.6 is 12.2 Å². The number of amides is 1. The van der Waals surface area contributed by atoms with Crippen molar-refractivity contribution < 1.29 is 31.1 Å². The summed E-state index contributed by atoms with van der Waals surface area (Å²) in [6.07, 6.45) is -3.01. The maximum atomic E-state index is 12.7. The molecule has 3 aromatic rings. The van der Waals surface area contributed by atoms with Gasteiger partial charge in [0.05, 0.1) is 11.1 Å². The average molecular weight is 527 g/mol. The molecule has 0 saturated carbocycles. The van der Waals surface area contributed by atoms with Crippen LogP contribution in [0, 0.1) is 0 Å². The van der Waals surface area contributed by atoms with Crippen molar-refractivity contribution in [2.45, 2.75) is 17.5 Å². The molecule has 35 heavy (non-hydrogen) atoms. The average Bonchev–Trinajstić information content (AvgIpc) is 2.81. The third-order valence-corrected chi connectivity index (χ3v) is 6.50. The van der Waals surface area contributed by atoms with Crippen LogP contribution in [0.1, 0.15) is 15.9 Å². The Balaban J connectivity index is 1.74. The van der Waals surface area contributed by atoms with Crippen molar-refractivity contribution in [3.8, 4) is 5.75 Å². The van der Waals surface area contributed by atoms with Gasteiger partial charge in [-0.3, -0.25) is 14.5 Å². The van der Waals surface area contributed by atoms with E-state index in [1.165, 1.54) is 25.4 Å². The van der Waals surface area contributed by atoms with Gasteiger partial charge < -0.3 is 15.4 Å². The summed E-state index contributed by atoms with van der Waals surface area (Å²) in [4.78, 5) is 16.2. The number of para-hydroxylation sites is 1. The second-order valence-electron chi connectivity index (χ2n) is 7.29. The van der Waals surface area contributed by atoms with Gasteiger partial charge in [-0.15, -0.1) is 0 Å². The van der Waals surface area contributed by atoms with Gasteiger partial charge in [0.2, 0.25) is 0 Å². The zero-order chi connectivity index (χ0) is 25.6. The molecule has 0 aliphatic carbocycles. The molecule has 1 heterocycles. The van der Waals surface area contributed by atoms with Crippen molar-refractivity contribution in [2.75, 3.05) is 20.2 Å². The molecule has 3 N–H and O–H groups in total. The van der Waals surface area contributed by atoms with Crippen LogP contribution in [0.25, 0.3) is 10.9 Å². The van der Waals surface area contributed by atoms with Crippen LogP contribution in [-0.2, 0) is 16.4 Å². The Bertz CT molecular complexity index is 1350. The molecule has 3 rings (SSSR count). The molecule has 0 fully saturated rings. The zero-order valence-corrected chi connectivity index (χ0v) is 20.0. The highest BCUT2D eigenvalue weighted by Crippen LogP contribution is 2.27. The molecule has 0 atom stereocenters. The Labute approximate surface area is 204 Å². The number of hydrogen-bond acceptors (Lipinski definition) is 6. The van der Waals surface area contributed by atoms with Gasteiger partial charge in [0.1, 0.15) is 10.6 Å². The lowest BCUT2D eigenvalue weighted by Crippen LogP contribution is -2.37. The summed E-state index contributed by atoms with van der Waals surface area (Å²) in [5.41, 5.74) is 1.54. The smallest absolute Gasteiger partial charge is 0.422 e. The highest BCUT2D eigenvalue weighted by atomic mass is 32.2.